The second-order valence-electron chi connectivity index (χ2n) is 5.58. The summed E-state index contributed by atoms with van der Waals surface area (Å²) in [6.07, 6.45) is 0.756. The summed E-state index contributed by atoms with van der Waals surface area (Å²) in [6.45, 7) is 3.18. The molecule has 0 aromatic heterocycles. The number of aryl methyl sites for hydroxylation is 1. The summed E-state index contributed by atoms with van der Waals surface area (Å²) >= 11 is 0. The molecule has 2 aromatic carbocycles. The van der Waals surface area contributed by atoms with Crippen molar-refractivity contribution in [3.63, 3.8) is 0 Å². The van der Waals surface area contributed by atoms with Crippen LogP contribution in [0.4, 0.5) is 17.1 Å². The van der Waals surface area contributed by atoms with Crippen LogP contribution in [0.3, 0.4) is 0 Å². The van der Waals surface area contributed by atoms with Gasteiger partial charge in [0.15, 0.2) is 0 Å². The molecule has 0 bridgehead atoms. The van der Waals surface area contributed by atoms with Crippen LogP contribution in [0.5, 0.6) is 0 Å². The van der Waals surface area contributed by atoms with Gasteiger partial charge in [0, 0.05) is 6.54 Å². The highest BCUT2D eigenvalue weighted by molar-refractivity contribution is 7.95. The van der Waals surface area contributed by atoms with E-state index in [-0.39, 0.29) is 0 Å². The van der Waals surface area contributed by atoms with Gasteiger partial charge in [-0.2, -0.15) is 8.42 Å². The SMILES string of the molecule is CNCCCN1c2cccc(C)c2N(c2ccccc2)S1(=O)=O. The van der Waals surface area contributed by atoms with Crippen molar-refractivity contribution in [3.05, 3.63) is 54.1 Å². The van der Waals surface area contributed by atoms with Gasteiger partial charge in [0.05, 0.1) is 17.1 Å². The van der Waals surface area contributed by atoms with Gasteiger partial charge >= 0.3 is 10.2 Å². The van der Waals surface area contributed by atoms with Crippen LogP contribution in [0.1, 0.15) is 12.0 Å². The molecule has 0 saturated carbocycles. The third-order valence-corrected chi connectivity index (χ3v) is 5.77. The lowest BCUT2D eigenvalue weighted by Crippen LogP contribution is -2.36. The zero-order valence-corrected chi connectivity index (χ0v) is 14.2. The van der Waals surface area contributed by atoms with Gasteiger partial charge in [-0.05, 0) is 50.7 Å². The lowest BCUT2D eigenvalue weighted by molar-refractivity contribution is 0.591. The number of rotatable bonds is 5. The second kappa shape index (κ2) is 6.22. The van der Waals surface area contributed by atoms with E-state index in [1.165, 1.54) is 8.61 Å². The molecule has 1 aliphatic heterocycles. The molecule has 3 rings (SSSR count). The zero-order valence-electron chi connectivity index (χ0n) is 13.4. The van der Waals surface area contributed by atoms with E-state index in [9.17, 15) is 8.42 Å². The van der Waals surface area contributed by atoms with Gasteiger partial charge in [-0.1, -0.05) is 30.3 Å². The van der Waals surface area contributed by atoms with Gasteiger partial charge in [0.2, 0.25) is 0 Å². The van der Waals surface area contributed by atoms with E-state index in [0.717, 1.165) is 29.9 Å². The highest BCUT2D eigenvalue weighted by Crippen LogP contribution is 2.46. The van der Waals surface area contributed by atoms with E-state index in [1.807, 2.05) is 62.5 Å². The molecule has 0 radical (unpaired) electrons. The van der Waals surface area contributed by atoms with Gasteiger partial charge < -0.3 is 5.32 Å². The first-order valence-corrected chi connectivity index (χ1v) is 9.09. The van der Waals surface area contributed by atoms with Crippen molar-refractivity contribution in [2.75, 3.05) is 28.7 Å². The average molecular weight is 331 g/mol. The standard InChI is InChI=1S/C17H21N3O2S/c1-14-8-6-11-16-17(14)20(15-9-4-3-5-10-15)23(21,22)19(16)13-7-12-18-2/h3-6,8-11,18H,7,12-13H2,1-2H3. The Hall–Kier alpha value is -2.05. The maximum atomic E-state index is 13.1. The third kappa shape index (κ3) is 2.68. The predicted molar refractivity (Wildman–Crippen MR) is 94.6 cm³/mol. The minimum Gasteiger partial charge on any atom is -0.320 e. The van der Waals surface area contributed by atoms with E-state index < -0.39 is 10.2 Å². The van der Waals surface area contributed by atoms with Crippen LogP contribution in [0.2, 0.25) is 0 Å². The van der Waals surface area contributed by atoms with Crippen molar-refractivity contribution in [1.82, 2.24) is 5.32 Å². The molecule has 6 heteroatoms. The molecule has 5 nitrogen and oxygen atoms in total. The molecule has 1 N–H and O–H groups in total. The molecule has 122 valence electrons. The van der Waals surface area contributed by atoms with Gasteiger partial charge in [-0.25, -0.2) is 4.31 Å². The number of nitrogens with zero attached hydrogens (tertiary/aromatic N) is 2. The molecule has 0 atom stereocenters. The third-order valence-electron chi connectivity index (χ3n) is 3.98. The van der Waals surface area contributed by atoms with Crippen molar-refractivity contribution in [1.29, 1.82) is 0 Å². The quantitative estimate of drug-likeness (QED) is 0.857. The Morgan fingerprint density at radius 3 is 2.48 bits per heavy atom. The van der Waals surface area contributed by atoms with Crippen LogP contribution in [-0.4, -0.2) is 28.6 Å². The summed E-state index contributed by atoms with van der Waals surface area (Å²) in [7, 11) is -1.74. The summed E-state index contributed by atoms with van der Waals surface area (Å²) < 4.78 is 29.2. The largest absolute Gasteiger partial charge is 0.330 e. The lowest BCUT2D eigenvalue weighted by atomic mass is 10.1. The molecule has 0 amide bonds. The maximum absolute atomic E-state index is 13.1. The van der Waals surface area contributed by atoms with Crippen molar-refractivity contribution in [3.8, 4) is 0 Å². The first-order chi connectivity index (χ1) is 11.1. The highest BCUT2D eigenvalue weighted by atomic mass is 32.2. The van der Waals surface area contributed by atoms with Crippen LogP contribution in [0.25, 0.3) is 0 Å². The molecule has 0 saturated heterocycles. The molecule has 0 unspecified atom stereocenters. The van der Waals surface area contributed by atoms with Gasteiger partial charge in [0.25, 0.3) is 0 Å². The van der Waals surface area contributed by atoms with E-state index in [2.05, 4.69) is 5.32 Å². The Morgan fingerprint density at radius 1 is 1.04 bits per heavy atom. The zero-order chi connectivity index (χ0) is 16.4. The van der Waals surface area contributed by atoms with Gasteiger partial charge in [-0.15, -0.1) is 0 Å². The maximum Gasteiger partial charge on any atom is 0.330 e. The van der Waals surface area contributed by atoms with E-state index >= 15 is 0 Å². The lowest BCUT2D eigenvalue weighted by Gasteiger charge is -2.22. The van der Waals surface area contributed by atoms with Crippen molar-refractivity contribution in [2.24, 2.45) is 0 Å². The summed E-state index contributed by atoms with van der Waals surface area (Å²) in [5, 5.41) is 3.06. The Kier molecular flexibility index (Phi) is 4.28. The molecular weight excluding hydrogens is 310 g/mol. The molecule has 0 aliphatic carbocycles. The van der Waals surface area contributed by atoms with Crippen molar-refractivity contribution >= 4 is 27.3 Å². The van der Waals surface area contributed by atoms with Crippen LogP contribution < -0.4 is 13.9 Å². The van der Waals surface area contributed by atoms with Crippen LogP contribution in [0, 0.1) is 6.92 Å². The van der Waals surface area contributed by atoms with Gasteiger partial charge in [-0.3, -0.25) is 4.31 Å². The smallest absolute Gasteiger partial charge is 0.320 e. The Morgan fingerprint density at radius 2 is 1.78 bits per heavy atom. The number of hydrogen-bond donors (Lipinski definition) is 1. The van der Waals surface area contributed by atoms with Crippen LogP contribution >= 0.6 is 0 Å². The Bertz CT molecular complexity index is 791. The van der Waals surface area contributed by atoms with Crippen molar-refractivity contribution in [2.45, 2.75) is 13.3 Å². The fourth-order valence-corrected chi connectivity index (χ4v) is 4.72. The number of benzene rings is 2. The Labute approximate surface area is 137 Å². The fraction of sp³-hybridized carbons (Fsp3) is 0.294. The number of anilines is 3. The number of fused-ring (bicyclic) bond motifs is 1. The molecule has 23 heavy (non-hydrogen) atoms. The monoisotopic (exact) mass is 331 g/mol. The van der Waals surface area contributed by atoms with E-state index in [1.54, 1.807) is 0 Å². The minimum absolute atomic E-state index is 0.461. The average Bonchev–Trinajstić information content (AvgIpc) is 2.77. The topological polar surface area (TPSA) is 52.6 Å². The molecule has 2 aromatic rings. The van der Waals surface area contributed by atoms with Crippen LogP contribution in [0.15, 0.2) is 48.5 Å². The normalized spacial score (nSPS) is 15.7. The van der Waals surface area contributed by atoms with Crippen molar-refractivity contribution < 1.29 is 8.42 Å². The molecular formula is C17H21N3O2S. The molecule has 1 aliphatic rings. The predicted octanol–water partition coefficient (Wildman–Crippen LogP) is 2.81. The minimum atomic E-state index is -3.60. The number of hydrogen-bond acceptors (Lipinski definition) is 3. The summed E-state index contributed by atoms with van der Waals surface area (Å²) in [4.78, 5) is 0. The molecule has 0 spiro atoms. The summed E-state index contributed by atoms with van der Waals surface area (Å²) in [6, 6.07) is 15.0. The number of para-hydroxylation sites is 2. The Balaban J connectivity index is 2.11. The summed E-state index contributed by atoms with van der Waals surface area (Å²) in [5.74, 6) is 0. The molecule has 0 fully saturated rings. The first-order valence-electron chi connectivity index (χ1n) is 7.69. The first kappa shape index (κ1) is 15.8. The summed E-state index contributed by atoms with van der Waals surface area (Å²) in [5.41, 5.74) is 3.12. The van der Waals surface area contributed by atoms with E-state index in [0.29, 0.717) is 12.2 Å². The second-order valence-corrected chi connectivity index (χ2v) is 7.28. The van der Waals surface area contributed by atoms with E-state index in [4.69, 9.17) is 0 Å². The number of nitrogens with one attached hydrogen (secondary N) is 1. The molecule has 1 heterocycles. The fourth-order valence-electron chi connectivity index (χ4n) is 2.91. The van der Waals surface area contributed by atoms with Crippen LogP contribution in [-0.2, 0) is 10.2 Å². The van der Waals surface area contributed by atoms with Gasteiger partial charge in [0.1, 0.15) is 0 Å². The highest BCUT2D eigenvalue weighted by Gasteiger charge is 2.41.